The van der Waals surface area contributed by atoms with Gasteiger partial charge in [-0.2, -0.15) is 0 Å². The van der Waals surface area contributed by atoms with Gasteiger partial charge >= 0.3 is 0 Å². The minimum absolute atomic E-state index is 0.431. The van der Waals surface area contributed by atoms with Crippen molar-refractivity contribution in [1.82, 2.24) is 0 Å². The van der Waals surface area contributed by atoms with Crippen LogP contribution in [-0.4, -0.2) is 0 Å². The number of hydrogen-bond donors (Lipinski definition) is 2. The van der Waals surface area contributed by atoms with Gasteiger partial charge in [-0.05, 0) is 48.1 Å². The monoisotopic (exact) mass is 238 g/mol. The van der Waals surface area contributed by atoms with Crippen molar-refractivity contribution in [3.05, 3.63) is 58.7 Å². The van der Waals surface area contributed by atoms with E-state index in [2.05, 4.69) is 30.3 Å². The first kappa shape index (κ1) is 11.1. The number of nitrogen functional groups attached to an aromatic ring is 2. The molecule has 0 spiro atoms. The van der Waals surface area contributed by atoms with E-state index in [0.29, 0.717) is 5.92 Å². The highest BCUT2D eigenvalue weighted by molar-refractivity contribution is 5.67. The number of anilines is 2. The van der Waals surface area contributed by atoms with Gasteiger partial charge in [-0.1, -0.05) is 30.3 Å². The van der Waals surface area contributed by atoms with E-state index >= 15 is 0 Å². The Morgan fingerprint density at radius 3 is 2.61 bits per heavy atom. The lowest BCUT2D eigenvalue weighted by molar-refractivity contribution is 0.790. The molecular formula is C16H18N2. The highest BCUT2D eigenvalue weighted by Gasteiger charge is 2.25. The highest BCUT2D eigenvalue weighted by atomic mass is 14.6. The van der Waals surface area contributed by atoms with E-state index in [4.69, 9.17) is 11.5 Å². The summed E-state index contributed by atoms with van der Waals surface area (Å²) in [4.78, 5) is 0. The Kier molecular flexibility index (Phi) is 2.51. The fourth-order valence-corrected chi connectivity index (χ4v) is 2.95. The lowest BCUT2D eigenvalue weighted by Crippen LogP contribution is -2.05. The SMILES string of the molecule is Cc1c(N)ccc(C2CCc3ccccc32)c1N. The molecule has 0 heterocycles. The van der Waals surface area contributed by atoms with Gasteiger partial charge in [-0.3, -0.25) is 0 Å². The van der Waals surface area contributed by atoms with Crippen LogP contribution in [0.3, 0.4) is 0 Å². The maximum Gasteiger partial charge on any atom is 0.0403 e. The van der Waals surface area contributed by atoms with Crippen LogP contribution in [0.4, 0.5) is 11.4 Å². The zero-order valence-corrected chi connectivity index (χ0v) is 10.6. The minimum Gasteiger partial charge on any atom is -0.398 e. The summed E-state index contributed by atoms with van der Waals surface area (Å²) in [5.74, 6) is 0.431. The molecule has 0 aromatic heterocycles. The Morgan fingerprint density at radius 2 is 1.78 bits per heavy atom. The molecule has 1 aliphatic rings. The summed E-state index contributed by atoms with van der Waals surface area (Å²) >= 11 is 0. The third kappa shape index (κ3) is 1.57. The Hall–Kier alpha value is -1.96. The molecule has 0 saturated carbocycles. The first-order valence-electron chi connectivity index (χ1n) is 6.40. The van der Waals surface area contributed by atoms with Crippen molar-refractivity contribution >= 4 is 11.4 Å². The van der Waals surface area contributed by atoms with Crippen LogP contribution in [0.1, 0.15) is 34.6 Å². The van der Waals surface area contributed by atoms with Gasteiger partial charge in [-0.25, -0.2) is 0 Å². The molecule has 0 fully saturated rings. The Balaban J connectivity index is 2.11. The smallest absolute Gasteiger partial charge is 0.0403 e. The molecule has 92 valence electrons. The Morgan fingerprint density at radius 1 is 1.00 bits per heavy atom. The second kappa shape index (κ2) is 4.05. The van der Waals surface area contributed by atoms with Crippen molar-refractivity contribution in [2.75, 3.05) is 11.5 Å². The predicted octanol–water partition coefficient (Wildman–Crippen LogP) is 3.24. The summed E-state index contributed by atoms with van der Waals surface area (Å²) in [5, 5.41) is 0. The highest BCUT2D eigenvalue weighted by Crippen LogP contribution is 2.41. The molecule has 4 N–H and O–H groups in total. The zero-order chi connectivity index (χ0) is 12.7. The number of aryl methyl sites for hydroxylation is 1. The van der Waals surface area contributed by atoms with E-state index in [1.54, 1.807) is 0 Å². The zero-order valence-electron chi connectivity index (χ0n) is 10.6. The molecule has 2 aromatic carbocycles. The third-order valence-corrected chi connectivity index (χ3v) is 4.10. The summed E-state index contributed by atoms with van der Waals surface area (Å²) in [5.41, 5.74) is 18.9. The van der Waals surface area contributed by atoms with Crippen molar-refractivity contribution in [1.29, 1.82) is 0 Å². The van der Waals surface area contributed by atoms with Crippen LogP contribution >= 0.6 is 0 Å². The number of fused-ring (bicyclic) bond motifs is 1. The van der Waals surface area contributed by atoms with Crippen molar-refractivity contribution in [2.45, 2.75) is 25.7 Å². The van der Waals surface area contributed by atoms with Gasteiger partial charge in [0.2, 0.25) is 0 Å². The minimum atomic E-state index is 0.431. The molecule has 3 rings (SSSR count). The van der Waals surface area contributed by atoms with E-state index in [0.717, 1.165) is 29.8 Å². The average Bonchev–Trinajstić information content (AvgIpc) is 2.80. The molecule has 2 heteroatoms. The van der Waals surface area contributed by atoms with E-state index in [9.17, 15) is 0 Å². The first-order chi connectivity index (χ1) is 8.68. The Bertz CT molecular complexity index is 602. The molecule has 2 aromatic rings. The van der Waals surface area contributed by atoms with Gasteiger partial charge in [0.15, 0.2) is 0 Å². The van der Waals surface area contributed by atoms with Gasteiger partial charge < -0.3 is 11.5 Å². The first-order valence-corrected chi connectivity index (χ1v) is 6.40. The second-order valence-corrected chi connectivity index (χ2v) is 5.07. The number of hydrogen-bond acceptors (Lipinski definition) is 2. The molecule has 0 aliphatic heterocycles. The summed E-state index contributed by atoms with van der Waals surface area (Å²) in [6.45, 7) is 2.00. The van der Waals surface area contributed by atoms with E-state index in [-0.39, 0.29) is 0 Å². The van der Waals surface area contributed by atoms with Crippen LogP contribution in [0.2, 0.25) is 0 Å². The maximum absolute atomic E-state index is 6.24. The molecule has 1 unspecified atom stereocenters. The summed E-state index contributed by atoms with van der Waals surface area (Å²) in [7, 11) is 0. The summed E-state index contributed by atoms with van der Waals surface area (Å²) in [6, 6.07) is 12.7. The van der Waals surface area contributed by atoms with Crippen LogP contribution in [0.25, 0.3) is 0 Å². The molecule has 2 nitrogen and oxygen atoms in total. The molecular weight excluding hydrogens is 220 g/mol. The van der Waals surface area contributed by atoms with Crippen LogP contribution in [-0.2, 0) is 6.42 Å². The normalized spacial score (nSPS) is 17.7. The van der Waals surface area contributed by atoms with Crippen molar-refractivity contribution in [3.63, 3.8) is 0 Å². The fourth-order valence-electron chi connectivity index (χ4n) is 2.95. The fraction of sp³-hybridized carbons (Fsp3) is 0.250. The van der Waals surface area contributed by atoms with Gasteiger partial charge in [0.05, 0.1) is 0 Å². The summed E-state index contributed by atoms with van der Waals surface area (Å²) < 4.78 is 0. The van der Waals surface area contributed by atoms with E-state index in [1.165, 1.54) is 16.7 Å². The molecule has 1 aliphatic carbocycles. The van der Waals surface area contributed by atoms with Crippen LogP contribution in [0, 0.1) is 6.92 Å². The van der Waals surface area contributed by atoms with Crippen LogP contribution in [0.5, 0.6) is 0 Å². The number of nitrogens with two attached hydrogens (primary N) is 2. The average molecular weight is 238 g/mol. The maximum atomic E-state index is 6.24. The quantitative estimate of drug-likeness (QED) is 0.749. The van der Waals surface area contributed by atoms with Gasteiger partial charge in [0.1, 0.15) is 0 Å². The Labute approximate surface area is 108 Å². The third-order valence-electron chi connectivity index (χ3n) is 4.10. The van der Waals surface area contributed by atoms with Crippen LogP contribution < -0.4 is 11.5 Å². The topological polar surface area (TPSA) is 52.0 Å². The number of rotatable bonds is 1. The molecule has 18 heavy (non-hydrogen) atoms. The lowest BCUT2D eigenvalue weighted by atomic mass is 9.90. The molecule has 0 bridgehead atoms. The van der Waals surface area contributed by atoms with E-state index < -0.39 is 0 Å². The molecule has 1 atom stereocenters. The molecule has 0 amide bonds. The van der Waals surface area contributed by atoms with Gasteiger partial charge in [0.25, 0.3) is 0 Å². The summed E-state index contributed by atoms with van der Waals surface area (Å²) in [6.07, 6.45) is 2.29. The van der Waals surface area contributed by atoms with Crippen molar-refractivity contribution in [2.24, 2.45) is 0 Å². The largest absolute Gasteiger partial charge is 0.398 e. The molecule has 0 radical (unpaired) electrons. The van der Waals surface area contributed by atoms with Crippen LogP contribution in [0.15, 0.2) is 36.4 Å². The van der Waals surface area contributed by atoms with Gasteiger partial charge in [0, 0.05) is 17.3 Å². The lowest BCUT2D eigenvalue weighted by Gasteiger charge is -2.17. The van der Waals surface area contributed by atoms with Gasteiger partial charge in [-0.15, -0.1) is 0 Å². The van der Waals surface area contributed by atoms with Crippen molar-refractivity contribution < 1.29 is 0 Å². The van der Waals surface area contributed by atoms with Crippen molar-refractivity contribution in [3.8, 4) is 0 Å². The standard InChI is InChI=1S/C16H18N2/c1-10-15(17)9-8-14(16(10)18)13-7-6-11-4-2-3-5-12(11)13/h2-5,8-9,13H,6-7,17-18H2,1H3. The second-order valence-electron chi connectivity index (χ2n) is 5.07. The van der Waals surface area contributed by atoms with E-state index in [1.807, 2.05) is 13.0 Å². The number of benzene rings is 2. The predicted molar refractivity (Wildman–Crippen MR) is 76.6 cm³/mol. The molecule has 0 saturated heterocycles.